The third-order valence-corrected chi connectivity index (χ3v) is 5.55. The van der Waals surface area contributed by atoms with Crippen LogP contribution in [0.25, 0.3) is 0 Å². The molecule has 2 fully saturated rings. The van der Waals surface area contributed by atoms with Gasteiger partial charge in [-0.2, -0.15) is 8.42 Å². The Morgan fingerprint density at radius 1 is 1.33 bits per heavy atom. The standard InChI is InChI=1S/C10H16O4S/c11-7-9-4-8-2-1-3-10(5-8,6-9)15(12,13)14/h7-9H,1-6H2,(H,12,13,14). The van der Waals surface area contributed by atoms with Crippen molar-refractivity contribution in [2.24, 2.45) is 11.8 Å². The summed E-state index contributed by atoms with van der Waals surface area (Å²) < 4.78 is 31.1. The molecule has 3 unspecified atom stereocenters. The maximum atomic E-state index is 11.4. The number of carbonyl (C=O) groups is 1. The first kappa shape index (κ1) is 11.1. The van der Waals surface area contributed by atoms with E-state index < -0.39 is 14.9 Å². The maximum Gasteiger partial charge on any atom is 0.270 e. The van der Waals surface area contributed by atoms with Crippen molar-refractivity contribution in [3.8, 4) is 0 Å². The quantitative estimate of drug-likeness (QED) is 0.577. The van der Waals surface area contributed by atoms with E-state index in [1.165, 1.54) is 0 Å². The molecule has 0 amide bonds. The van der Waals surface area contributed by atoms with Crippen LogP contribution in [0.2, 0.25) is 0 Å². The van der Waals surface area contributed by atoms with E-state index in [1.54, 1.807) is 0 Å². The number of carbonyl (C=O) groups excluding carboxylic acids is 1. The zero-order valence-corrected chi connectivity index (χ0v) is 9.37. The first-order chi connectivity index (χ1) is 6.97. The van der Waals surface area contributed by atoms with Gasteiger partial charge in [-0.1, -0.05) is 12.8 Å². The lowest BCUT2D eigenvalue weighted by Crippen LogP contribution is -2.48. The number of hydrogen-bond acceptors (Lipinski definition) is 3. The summed E-state index contributed by atoms with van der Waals surface area (Å²) in [6.45, 7) is 0. The van der Waals surface area contributed by atoms with Crippen LogP contribution >= 0.6 is 0 Å². The summed E-state index contributed by atoms with van der Waals surface area (Å²) >= 11 is 0. The van der Waals surface area contributed by atoms with Crippen molar-refractivity contribution < 1.29 is 17.8 Å². The van der Waals surface area contributed by atoms with Gasteiger partial charge in [-0.3, -0.25) is 4.55 Å². The van der Waals surface area contributed by atoms with E-state index in [0.717, 1.165) is 25.5 Å². The van der Waals surface area contributed by atoms with Crippen molar-refractivity contribution in [1.82, 2.24) is 0 Å². The Morgan fingerprint density at radius 2 is 2.07 bits per heavy atom. The molecule has 0 spiro atoms. The van der Waals surface area contributed by atoms with Gasteiger partial charge in [0.15, 0.2) is 0 Å². The van der Waals surface area contributed by atoms with E-state index in [1.807, 2.05) is 0 Å². The summed E-state index contributed by atoms with van der Waals surface area (Å²) in [7, 11) is -4.02. The average Bonchev–Trinajstić information content (AvgIpc) is 2.15. The molecule has 2 saturated carbocycles. The zero-order chi connectivity index (χ0) is 11.1. The lowest BCUT2D eigenvalue weighted by Gasteiger charge is -2.44. The molecule has 0 aromatic carbocycles. The van der Waals surface area contributed by atoms with Crippen LogP contribution < -0.4 is 0 Å². The Balaban J connectivity index is 2.33. The van der Waals surface area contributed by atoms with Gasteiger partial charge < -0.3 is 4.79 Å². The van der Waals surface area contributed by atoms with Gasteiger partial charge in [0.25, 0.3) is 10.1 Å². The van der Waals surface area contributed by atoms with Crippen molar-refractivity contribution in [1.29, 1.82) is 0 Å². The predicted octanol–water partition coefficient (Wildman–Crippen LogP) is 1.41. The molecule has 0 heterocycles. The zero-order valence-electron chi connectivity index (χ0n) is 8.55. The predicted molar refractivity (Wildman–Crippen MR) is 55.0 cm³/mol. The molecule has 0 aromatic rings. The molecular weight excluding hydrogens is 216 g/mol. The van der Waals surface area contributed by atoms with Crippen LogP contribution in [0, 0.1) is 11.8 Å². The number of fused-ring (bicyclic) bond motifs is 2. The van der Waals surface area contributed by atoms with Crippen LogP contribution in [0.15, 0.2) is 0 Å². The van der Waals surface area contributed by atoms with E-state index in [2.05, 4.69) is 0 Å². The molecule has 1 N–H and O–H groups in total. The number of hydrogen-bond donors (Lipinski definition) is 1. The Kier molecular flexibility index (Phi) is 2.63. The van der Waals surface area contributed by atoms with Gasteiger partial charge in [0.2, 0.25) is 0 Å². The molecule has 5 heteroatoms. The second kappa shape index (κ2) is 3.56. The fourth-order valence-corrected chi connectivity index (χ4v) is 4.54. The summed E-state index contributed by atoms with van der Waals surface area (Å²) in [5, 5.41) is 0. The van der Waals surface area contributed by atoms with Crippen molar-refractivity contribution in [2.75, 3.05) is 0 Å². The van der Waals surface area contributed by atoms with Gasteiger partial charge in [-0.05, 0) is 31.6 Å². The summed E-state index contributed by atoms with van der Waals surface area (Å²) in [5.74, 6) is 0.107. The average molecular weight is 232 g/mol. The molecule has 2 aliphatic carbocycles. The van der Waals surface area contributed by atoms with Crippen molar-refractivity contribution >= 4 is 16.4 Å². The third kappa shape index (κ3) is 1.83. The Hall–Kier alpha value is -0.420. The van der Waals surface area contributed by atoms with Crippen LogP contribution in [0.5, 0.6) is 0 Å². The SMILES string of the molecule is O=CC1CC2CCCC(S(=O)(=O)O)(C1)C2. The van der Waals surface area contributed by atoms with E-state index in [-0.39, 0.29) is 5.92 Å². The molecule has 0 aromatic heterocycles. The maximum absolute atomic E-state index is 11.4. The minimum absolute atomic E-state index is 0.189. The largest absolute Gasteiger partial charge is 0.303 e. The molecule has 0 aliphatic heterocycles. The van der Waals surface area contributed by atoms with Gasteiger partial charge in [-0.25, -0.2) is 0 Å². The second-order valence-electron chi connectivity index (χ2n) is 4.96. The molecule has 2 bridgehead atoms. The van der Waals surface area contributed by atoms with Crippen molar-refractivity contribution in [3.63, 3.8) is 0 Å². The normalized spacial score (nSPS) is 41.1. The highest BCUT2D eigenvalue weighted by molar-refractivity contribution is 7.87. The summed E-state index contributed by atoms with van der Waals surface area (Å²) in [4.78, 5) is 10.8. The van der Waals surface area contributed by atoms with Gasteiger partial charge >= 0.3 is 0 Å². The summed E-state index contributed by atoms with van der Waals surface area (Å²) in [6.07, 6.45) is 4.82. The highest BCUT2D eigenvalue weighted by atomic mass is 32.2. The van der Waals surface area contributed by atoms with Crippen LogP contribution in [0.3, 0.4) is 0 Å². The Labute approximate surface area is 89.8 Å². The lowest BCUT2D eigenvalue weighted by molar-refractivity contribution is -0.113. The van der Waals surface area contributed by atoms with E-state index in [4.69, 9.17) is 0 Å². The lowest BCUT2D eigenvalue weighted by atomic mass is 9.68. The minimum Gasteiger partial charge on any atom is -0.303 e. The molecule has 3 atom stereocenters. The highest BCUT2D eigenvalue weighted by Crippen LogP contribution is 2.48. The second-order valence-corrected chi connectivity index (χ2v) is 6.77. The number of rotatable bonds is 2. The van der Waals surface area contributed by atoms with Crippen LogP contribution in [-0.4, -0.2) is 24.0 Å². The number of aldehydes is 1. The van der Waals surface area contributed by atoms with Gasteiger partial charge in [0, 0.05) is 5.92 Å². The van der Waals surface area contributed by atoms with E-state index in [0.29, 0.717) is 25.2 Å². The molecule has 0 saturated heterocycles. The van der Waals surface area contributed by atoms with Gasteiger partial charge in [0.1, 0.15) is 6.29 Å². The molecule has 0 radical (unpaired) electrons. The molecule has 4 nitrogen and oxygen atoms in total. The van der Waals surface area contributed by atoms with E-state index >= 15 is 0 Å². The van der Waals surface area contributed by atoms with Gasteiger partial charge in [-0.15, -0.1) is 0 Å². The fourth-order valence-electron chi connectivity index (χ4n) is 3.26. The molecule has 15 heavy (non-hydrogen) atoms. The minimum atomic E-state index is -4.02. The van der Waals surface area contributed by atoms with Crippen LogP contribution in [0.1, 0.15) is 38.5 Å². The fraction of sp³-hybridized carbons (Fsp3) is 0.900. The Morgan fingerprint density at radius 3 is 2.67 bits per heavy atom. The van der Waals surface area contributed by atoms with Gasteiger partial charge in [0.05, 0.1) is 4.75 Å². The first-order valence-corrected chi connectivity index (χ1v) is 6.83. The molecular formula is C10H16O4S. The van der Waals surface area contributed by atoms with Crippen molar-refractivity contribution in [3.05, 3.63) is 0 Å². The monoisotopic (exact) mass is 232 g/mol. The first-order valence-electron chi connectivity index (χ1n) is 5.39. The smallest absolute Gasteiger partial charge is 0.270 e. The highest BCUT2D eigenvalue weighted by Gasteiger charge is 2.51. The molecule has 2 rings (SSSR count). The summed E-state index contributed by atoms with van der Waals surface area (Å²) in [5.41, 5.74) is 0. The molecule has 86 valence electrons. The third-order valence-electron chi connectivity index (χ3n) is 3.92. The van der Waals surface area contributed by atoms with Crippen LogP contribution in [0.4, 0.5) is 0 Å². The van der Waals surface area contributed by atoms with Crippen molar-refractivity contribution in [2.45, 2.75) is 43.3 Å². The summed E-state index contributed by atoms with van der Waals surface area (Å²) in [6, 6.07) is 0. The van der Waals surface area contributed by atoms with E-state index in [9.17, 15) is 17.8 Å². The Bertz CT molecular complexity index is 362. The molecule has 2 aliphatic rings. The van der Waals surface area contributed by atoms with Crippen LogP contribution in [-0.2, 0) is 14.9 Å². The topological polar surface area (TPSA) is 71.4 Å².